The van der Waals surface area contributed by atoms with E-state index in [0.29, 0.717) is 0 Å². The predicted molar refractivity (Wildman–Crippen MR) is 120 cm³/mol. The Balaban J connectivity index is 1.57. The molecule has 1 fully saturated rings. The summed E-state index contributed by atoms with van der Waals surface area (Å²) in [4.78, 5) is 2.51. The number of aryl methyl sites for hydroxylation is 1. The number of hydrogen-bond acceptors (Lipinski definition) is 1. The first-order valence-corrected chi connectivity index (χ1v) is 10.8. The normalized spacial score (nSPS) is 14.8. The predicted octanol–water partition coefficient (Wildman–Crippen LogP) is 6.09. The average Bonchev–Trinajstić information content (AvgIpc) is 2.77. The van der Waals surface area contributed by atoms with Crippen molar-refractivity contribution in [1.29, 1.82) is 0 Å². The topological polar surface area (TPSA) is 7.12 Å². The lowest BCUT2D eigenvalue weighted by molar-refractivity contribution is -0.673. The fourth-order valence-electron chi connectivity index (χ4n) is 4.12. The highest BCUT2D eigenvalue weighted by molar-refractivity contribution is 5.77. The van der Waals surface area contributed by atoms with Gasteiger partial charge in [0, 0.05) is 48.8 Å². The summed E-state index contributed by atoms with van der Waals surface area (Å²) in [5.41, 5.74) is 5.21. The number of piperidine rings is 1. The van der Waals surface area contributed by atoms with Gasteiger partial charge in [-0.15, -0.1) is 0 Å². The highest BCUT2D eigenvalue weighted by Crippen LogP contribution is 2.21. The third-order valence-corrected chi connectivity index (χ3v) is 5.77. The van der Waals surface area contributed by atoms with E-state index in [1.165, 1.54) is 73.0 Å². The van der Waals surface area contributed by atoms with Crippen LogP contribution in [0, 0.1) is 0 Å². The summed E-state index contributed by atoms with van der Waals surface area (Å²) >= 11 is 0. The van der Waals surface area contributed by atoms with Crippen LogP contribution in [0.2, 0.25) is 0 Å². The highest BCUT2D eigenvalue weighted by Gasteiger charge is 2.13. The minimum atomic E-state index is 1.06. The van der Waals surface area contributed by atoms with Crippen LogP contribution in [0.4, 0.5) is 5.69 Å². The number of aromatic nitrogens is 1. The van der Waals surface area contributed by atoms with Gasteiger partial charge in [-0.1, -0.05) is 37.6 Å². The number of unbranched alkanes of at least 4 members (excludes halogenated alkanes) is 1. The van der Waals surface area contributed by atoms with E-state index in [-0.39, 0.29) is 0 Å². The first-order valence-electron chi connectivity index (χ1n) is 10.8. The van der Waals surface area contributed by atoms with Gasteiger partial charge >= 0.3 is 0 Å². The number of benzene rings is 2. The minimum Gasteiger partial charge on any atom is -0.372 e. The monoisotopic (exact) mass is 371 g/mol. The Morgan fingerprint density at radius 2 is 1.64 bits per heavy atom. The molecule has 0 spiro atoms. The van der Waals surface area contributed by atoms with Crippen molar-refractivity contribution in [3.63, 3.8) is 0 Å². The molecule has 0 atom stereocenters. The molecule has 0 unspecified atom stereocenters. The molecule has 0 bridgehead atoms. The summed E-state index contributed by atoms with van der Waals surface area (Å²) in [6.07, 6.45) is 10.9. The summed E-state index contributed by atoms with van der Waals surface area (Å²) in [6, 6.07) is 22.2. The summed E-state index contributed by atoms with van der Waals surface area (Å²) in [7, 11) is 0. The zero-order chi connectivity index (χ0) is 19.2. The number of anilines is 1. The third kappa shape index (κ3) is 4.27. The molecule has 2 nitrogen and oxygen atoms in total. The van der Waals surface area contributed by atoms with E-state index in [1.54, 1.807) is 0 Å². The van der Waals surface area contributed by atoms with E-state index in [0.717, 1.165) is 6.54 Å². The van der Waals surface area contributed by atoms with E-state index < -0.39 is 0 Å². The van der Waals surface area contributed by atoms with E-state index in [1.807, 2.05) is 0 Å². The Labute approximate surface area is 169 Å². The molecule has 1 aromatic heterocycles. The second-order valence-corrected chi connectivity index (χ2v) is 7.79. The van der Waals surface area contributed by atoms with E-state index in [2.05, 4.69) is 89.2 Å². The van der Waals surface area contributed by atoms with Crippen molar-refractivity contribution in [3.8, 4) is 0 Å². The number of nitrogens with zero attached hydrogens (tertiary/aromatic N) is 2. The lowest BCUT2D eigenvalue weighted by Crippen LogP contribution is -2.37. The van der Waals surface area contributed by atoms with Gasteiger partial charge < -0.3 is 4.90 Å². The maximum Gasteiger partial charge on any atom is 0.212 e. The first-order chi connectivity index (χ1) is 13.8. The molecule has 28 heavy (non-hydrogen) atoms. The molecular weight excluding hydrogens is 340 g/mol. The van der Waals surface area contributed by atoms with Crippen LogP contribution in [0.3, 0.4) is 0 Å². The molecule has 0 radical (unpaired) electrons. The van der Waals surface area contributed by atoms with E-state index in [9.17, 15) is 0 Å². The zero-order valence-corrected chi connectivity index (χ0v) is 17.0. The van der Waals surface area contributed by atoms with Crippen molar-refractivity contribution >= 4 is 28.7 Å². The van der Waals surface area contributed by atoms with Gasteiger partial charge in [-0.05, 0) is 55.2 Å². The SMILES string of the molecule is CCCC[n+]1c(/C=C/c2ccc(N3CCCCC3)cc2)ccc2ccccc21. The van der Waals surface area contributed by atoms with Crippen LogP contribution in [0.5, 0.6) is 0 Å². The molecular formula is C26H31N2+. The van der Waals surface area contributed by atoms with Gasteiger partial charge in [0.25, 0.3) is 0 Å². The van der Waals surface area contributed by atoms with Crippen molar-refractivity contribution in [2.45, 2.75) is 45.6 Å². The molecule has 4 rings (SSSR count). The summed E-state index contributed by atoms with van der Waals surface area (Å²) < 4.78 is 2.46. The maximum absolute atomic E-state index is 2.51. The first kappa shape index (κ1) is 18.7. The van der Waals surface area contributed by atoms with Gasteiger partial charge in [-0.2, -0.15) is 4.57 Å². The zero-order valence-electron chi connectivity index (χ0n) is 17.0. The molecule has 2 aromatic carbocycles. The fourth-order valence-corrected chi connectivity index (χ4v) is 4.12. The van der Waals surface area contributed by atoms with Crippen LogP contribution in [-0.4, -0.2) is 13.1 Å². The van der Waals surface area contributed by atoms with E-state index in [4.69, 9.17) is 0 Å². The Kier molecular flexibility index (Phi) is 6.06. The van der Waals surface area contributed by atoms with Crippen molar-refractivity contribution in [2.24, 2.45) is 0 Å². The van der Waals surface area contributed by atoms with Crippen LogP contribution in [0.15, 0.2) is 60.7 Å². The Bertz CT molecular complexity index is 934. The van der Waals surface area contributed by atoms with Crippen molar-refractivity contribution in [1.82, 2.24) is 0 Å². The fraction of sp³-hybridized carbons (Fsp3) is 0.346. The maximum atomic E-state index is 2.51. The number of pyridine rings is 1. The third-order valence-electron chi connectivity index (χ3n) is 5.77. The highest BCUT2D eigenvalue weighted by atomic mass is 15.1. The molecule has 144 valence electrons. The quantitative estimate of drug-likeness (QED) is 0.476. The lowest BCUT2D eigenvalue weighted by Gasteiger charge is -2.28. The van der Waals surface area contributed by atoms with Gasteiger partial charge in [-0.3, -0.25) is 0 Å². The Morgan fingerprint density at radius 1 is 0.857 bits per heavy atom. The van der Waals surface area contributed by atoms with Crippen LogP contribution in [-0.2, 0) is 6.54 Å². The molecule has 0 N–H and O–H groups in total. The number of hydrogen-bond donors (Lipinski definition) is 0. The second kappa shape index (κ2) is 9.05. The largest absolute Gasteiger partial charge is 0.372 e. The molecule has 0 amide bonds. The molecule has 3 aromatic rings. The van der Waals surface area contributed by atoms with Crippen molar-refractivity contribution < 1.29 is 4.57 Å². The van der Waals surface area contributed by atoms with Crippen molar-refractivity contribution in [2.75, 3.05) is 18.0 Å². The molecule has 1 aliphatic heterocycles. The summed E-state index contributed by atoms with van der Waals surface area (Å²) in [5.74, 6) is 0. The lowest BCUT2D eigenvalue weighted by atomic mass is 10.1. The molecule has 0 aliphatic carbocycles. The van der Waals surface area contributed by atoms with Gasteiger partial charge in [0.05, 0.1) is 0 Å². The molecule has 2 heterocycles. The molecule has 1 aliphatic rings. The number of fused-ring (bicyclic) bond motifs is 1. The molecule has 2 heteroatoms. The summed E-state index contributed by atoms with van der Waals surface area (Å²) in [5, 5.41) is 1.31. The van der Waals surface area contributed by atoms with Crippen molar-refractivity contribution in [3.05, 3.63) is 71.9 Å². The van der Waals surface area contributed by atoms with Crippen LogP contribution < -0.4 is 9.47 Å². The summed E-state index contributed by atoms with van der Waals surface area (Å²) in [6.45, 7) is 5.71. The Hall–Kier alpha value is -2.61. The van der Waals surface area contributed by atoms with Crippen LogP contribution >= 0.6 is 0 Å². The number of para-hydroxylation sites is 1. The van der Waals surface area contributed by atoms with Gasteiger partial charge in [0.15, 0.2) is 0 Å². The minimum absolute atomic E-state index is 1.06. The second-order valence-electron chi connectivity index (χ2n) is 7.79. The van der Waals surface area contributed by atoms with Crippen LogP contribution in [0.25, 0.3) is 23.1 Å². The standard InChI is InChI=1S/C26H31N2/c1-2-3-21-28-25(18-14-23-9-5-6-10-26(23)28)17-13-22-11-15-24(16-12-22)27-19-7-4-8-20-27/h5-6,9-18H,2-4,7-8,19-21H2,1H3/q+1. The number of rotatable bonds is 6. The molecule has 0 saturated carbocycles. The van der Waals surface area contributed by atoms with Gasteiger partial charge in [0.1, 0.15) is 6.54 Å². The van der Waals surface area contributed by atoms with E-state index >= 15 is 0 Å². The average molecular weight is 372 g/mol. The Morgan fingerprint density at radius 3 is 2.43 bits per heavy atom. The smallest absolute Gasteiger partial charge is 0.212 e. The van der Waals surface area contributed by atoms with Gasteiger partial charge in [0.2, 0.25) is 11.2 Å². The van der Waals surface area contributed by atoms with Gasteiger partial charge in [-0.25, -0.2) is 0 Å². The van der Waals surface area contributed by atoms with Crippen LogP contribution in [0.1, 0.15) is 50.3 Å². The molecule has 1 saturated heterocycles.